The van der Waals surface area contributed by atoms with Gasteiger partial charge >= 0.3 is 5.97 Å². The summed E-state index contributed by atoms with van der Waals surface area (Å²) in [5.41, 5.74) is 1.36. The van der Waals surface area contributed by atoms with E-state index in [1.807, 2.05) is 19.9 Å². The third-order valence-electron chi connectivity index (χ3n) is 5.57. The molecule has 0 saturated heterocycles. The lowest BCUT2D eigenvalue weighted by molar-refractivity contribution is -0.137. The molecule has 0 aromatic carbocycles. The number of fused-ring (bicyclic) bond motifs is 1. The van der Waals surface area contributed by atoms with Crippen molar-refractivity contribution in [3.63, 3.8) is 0 Å². The number of allylic oxidation sites excluding steroid dienone is 3. The maximum absolute atomic E-state index is 10.6. The third kappa shape index (κ3) is 5.64. The molecule has 2 rings (SSSR count). The van der Waals surface area contributed by atoms with E-state index < -0.39 is 12.1 Å². The number of rotatable bonds is 8. The molecule has 2 aliphatic carbocycles. The lowest BCUT2D eigenvalue weighted by Crippen LogP contribution is -2.22. The van der Waals surface area contributed by atoms with Gasteiger partial charge in [0.25, 0.3) is 0 Å². The van der Waals surface area contributed by atoms with Crippen molar-refractivity contribution in [2.75, 3.05) is 0 Å². The van der Waals surface area contributed by atoms with Crippen LogP contribution in [0.1, 0.15) is 65.2 Å². The highest BCUT2D eigenvalue weighted by Gasteiger charge is 2.46. The van der Waals surface area contributed by atoms with Crippen molar-refractivity contribution in [3.05, 3.63) is 23.5 Å². The van der Waals surface area contributed by atoms with E-state index >= 15 is 0 Å². The minimum absolute atomic E-state index is 0.181. The minimum atomic E-state index is -0.738. The zero-order chi connectivity index (χ0) is 19.1. The summed E-state index contributed by atoms with van der Waals surface area (Å²) >= 11 is 0. The normalized spacial score (nSPS) is 28.9. The van der Waals surface area contributed by atoms with Crippen LogP contribution >= 0.6 is 0 Å². The average Bonchev–Trinajstić information content (AvgIpc) is 3.10. The van der Waals surface area contributed by atoms with E-state index in [9.17, 15) is 15.0 Å². The predicted molar refractivity (Wildman–Crippen MR) is 102 cm³/mol. The topological polar surface area (TPSA) is 77.8 Å². The maximum Gasteiger partial charge on any atom is 0.303 e. The molecule has 4 heteroatoms. The molecule has 0 aromatic rings. The molecule has 0 bridgehead atoms. The first kappa shape index (κ1) is 20.6. The predicted octanol–water partition coefficient (Wildman–Crippen LogP) is 4.46. The van der Waals surface area contributed by atoms with Crippen molar-refractivity contribution in [1.29, 1.82) is 0 Å². The van der Waals surface area contributed by atoms with Crippen LogP contribution in [0.15, 0.2) is 23.5 Å². The van der Waals surface area contributed by atoms with Gasteiger partial charge in [0.2, 0.25) is 0 Å². The molecule has 1 saturated carbocycles. The van der Waals surface area contributed by atoms with Gasteiger partial charge in [-0.2, -0.15) is 0 Å². The second-order valence-electron chi connectivity index (χ2n) is 7.73. The summed E-state index contributed by atoms with van der Waals surface area (Å²) in [5.74, 6) is 6.43. The number of carboxylic acid groups (broad SMARTS) is 1. The maximum atomic E-state index is 10.6. The van der Waals surface area contributed by atoms with Crippen molar-refractivity contribution in [2.45, 2.75) is 71.3 Å². The zero-order valence-corrected chi connectivity index (χ0v) is 15.9. The quantitative estimate of drug-likeness (QED) is 0.258. The molecule has 5 atom stereocenters. The highest BCUT2D eigenvalue weighted by Crippen LogP contribution is 2.49. The van der Waals surface area contributed by atoms with Crippen LogP contribution in [0.25, 0.3) is 0 Å². The molecular formula is C22H32O4. The van der Waals surface area contributed by atoms with Gasteiger partial charge < -0.3 is 15.3 Å². The molecule has 3 N–H and O–H groups in total. The Morgan fingerprint density at radius 3 is 2.85 bits per heavy atom. The SMILES string of the molecule is CCC#CC(C)CC=C(O)[C@H]1[C@@H]2CC(CCCCC(=O)O)=C[C@@H]2C[C@@H]1O. The molecule has 4 nitrogen and oxygen atoms in total. The van der Waals surface area contributed by atoms with Crippen molar-refractivity contribution >= 4 is 5.97 Å². The number of unbranched alkanes of at least 4 members (excludes halogenated alkanes) is 1. The number of aliphatic carboxylic acids is 1. The monoisotopic (exact) mass is 360 g/mol. The smallest absolute Gasteiger partial charge is 0.303 e. The summed E-state index contributed by atoms with van der Waals surface area (Å²) in [6.45, 7) is 4.07. The van der Waals surface area contributed by atoms with Crippen LogP contribution in [0.3, 0.4) is 0 Å². The summed E-state index contributed by atoms with van der Waals surface area (Å²) in [5, 5.41) is 29.7. The lowest BCUT2D eigenvalue weighted by atomic mass is 9.87. The Kier molecular flexibility index (Phi) is 7.78. The van der Waals surface area contributed by atoms with Crippen molar-refractivity contribution in [1.82, 2.24) is 0 Å². The molecule has 1 fully saturated rings. The molecule has 0 aromatic heterocycles. The molecule has 0 radical (unpaired) electrons. The molecule has 144 valence electrons. The number of carboxylic acids is 1. The van der Waals surface area contributed by atoms with Crippen LogP contribution in [0, 0.1) is 35.5 Å². The van der Waals surface area contributed by atoms with E-state index in [0.29, 0.717) is 30.9 Å². The van der Waals surface area contributed by atoms with Crippen LogP contribution in [0.4, 0.5) is 0 Å². The van der Waals surface area contributed by atoms with Gasteiger partial charge in [-0.1, -0.05) is 31.4 Å². The van der Waals surface area contributed by atoms with E-state index in [-0.39, 0.29) is 24.2 Å². The Hall–Kier alpha value is -1.73. The van der Waals surface area contributed by atoms with Gasteiger partial charge in [0.1, 0.15) is 0 Å². The summed E-state index contributed by atoms with van der Waals surface area (Å²) in [6.07, 6.45) is 9.52. The number of carbonyl (C=O) groups is 1. The van der Waals surface area contributed by atoms with Crippen LogP contribution in [0.2, 0.25) is 0 Å². The molecule has 26 heavy (non-hydrogen) atoms. The van der Waals surface area contributed by atoms with Crippen molar-refractivity contribution < 1.29 is 20.1 Å². The summed E-state index contributed by atoms with van der Waals surface area (Å²) in [6, 6.07) is 0. The Labute approximate surface area is 157 Å². The number of aliphatic hydroxyl groups is 2. The molecule has 0 aliphatic heterocycles. The van der Waals surface area contributed by atoms with E-state index in [4.69, 9.17) is 5.11 Å². The second-order valence-corrected chi connectivity index (χ2v) is 7.73. The van der Waals surface area contributed by atoms with E-state index in [1.54, 1.807) is 0 Å². The van der Waals surface area contributed by atoms with Crippen LogP contribution < -0.4 is 0 Å². The van der Waals surface area contributed by atoms with E-state index in [1.165, 1.54) is 5.57 Å². The van der Waals surface area contributed by atoms with Gasteiger partial charge in [0, 0.05) is 24.7 Å². The van der Waals surface area contributed by atoms with Gasteiger partial charge in [-0.3, -0.25) is 4.79 Å². The molecular weight excluding hydrogens is 328 g/mol. The van der Waals surface area contributed by atoms with E-state index in [0.717, 1.165) is 25.7 Å². The fourth-order valence-electron chi connectivity index (χ4n) is 4.29. The first-order valence-electron chi connectivity index (χ1n) is 9.89. The van der Waals surface area contributed by atoms with Gasteiger partial charge in [-0.25, -0.2) is 0 Å². The van der Waals surface area contributed by atoms with Gasteiger partial charge in [0.05, 0.1) is 11.9 Å². The van der Waals surface area contributed by atoms with Gasteiger partial charge in [-0.15, -0.1) is 5.92 Å². The Bertz CT molecular complexity index is 607. The second kappa shape index (κ2) is 9.83. The summed E-state index contributed by atoms with van der Waals surface area (Å²) in [7, 11) is 0. The Morgan fingerprint density at radius 2 is 2.15 bits per heavy atom. The minimum Gasteiger partial charge on any atom is -0.512 e. The molecule has 0 spiro atoms. The highest BCUT2D eigenvalue weighted by molar-refractivity contribution is 5.66. The molecule has 0 amide bonds. The third-order valence-corrected chi connectivity index (χ3v) is 5.57. The molecule has 0 heterocycles. The lowest BCUT2D eigenvalue weighted by Gasteiger charge is -2.21. The van der Waals surface area contributed by atoms with E-state index in [2.05, 4.69) is 17.9 Å². The van der Waals surface area contributed by atoms with Crippen LogP contribution in [0.5, 0.6) is 0 Å². The highest BCUT2D eigenvalue weighted by atomic mass is 16.4. The van der Waals surface area contributed by atoms with Crippen LogP contribution in [-0.2, 0) is 4.79 Å². The summed E-state index contributed by atoms with van der Waals surface area (Å²) < 4.78 is 0. The Morgan fingerprint density at radius 1 is 1.38 bits per heavy atom. The van der Waals surface area contributed by atoms with Gasteiger partial charge in [-0.05, 0) is 56.4 Å². The fraction of sp³-hybridized carbons (Fsp3) is 0.682. The standard InChI is InChI=1S/C22H32O4/c1-3-4-7-15(2)10-11-19(23)22-18-13-16(8-5-6-9-21(25)26)12-17(18)14-20(22)24/h11-12,15,17-18,20,22-24H,3,5-6,8-10,13-14H2,1-2H3,(H,25,26)/t15?,17-,18-,20+,22-/m1/s1. The first-order valence-corrected chi connectivity index (χ1v) is 9.89. The van der Waals surface area contributed by atoms with Crippen LogP contribution in [-0.4, -0.2) is 27.4 Å². The molecule has 2 aliphatic rings. The zero-order valence-electron chi connectivity index (χ0n) is 15.9. The number of hydrogen-bond donors (Lipinski definition) is 3. The molecule has 1 unspecified atom stereocenters. The first-order chi connectivity index (χ1) is 12.4. The van der Waals surface area contributed by atoms with Gasteiger partial charge in [0.15, 0.2) is 0 Å². The number of aliphatic hydroxyl groups excluding tert-OH is 2. The Balaban J connectivity index is 1.89. The van der Waals surface area contributed by atoms with Crippen molar-refractivity contribution in [2.24, 2.45) is 23.7 Å². The van der Waals surface area contributed by atoms with Crippen molar-refractivity contribution in [3.8, 4) is 11.8 Å². The fourth-order valence-corrected chi connectivity index (χ4v) is 4.29. The summed E-state index contributed by atoms with van der Waals surface area (Å²) in [4.78, 5) is 10.6. The largest absolute Gasteiger partial charge is 0.512 e. The average molecular weight is 360 g/mol. The number of hydrogen-bond acceptors (Lipinski definition) is 3.